The van der Waals surface area contributed by atoms with Crippen LogP contribution in [0.25, 0.3) is 11.0 Å². The molecule has 31 heavy (non-hydrogen) atoms. The Morgan fingerprint density at radius 1 is 1.03 bits per heavy atom. The quantitative estimate of drug-likeness (QED) is 0.424. The standard InChI is InChI=1S/C24H31N3O4/c1-29-18-24(28)25-14-7-3-4-13-23-26-21-11-5-6-12-22(21)27(23)15-16-31-20-10-8-9-19(17-20)30-2/h5-6,8-12,17H,3-4,7,13-16,18H2,1-2H3,(H,25,28). The molecule has 7 heteroatoms. The van der Waals surface area contributed by atoms with Gasteiger partial charge in [0.25, 0.3) is 0 Å². The second kappa shape index (κ2) is 12.0. The molecular weight excluding hydrogens is 394 g/mol. The average Bonchev–Trinajstić information content (AvgIpc) is 3.14. The van der Waals surface area contributed by atoms with Crippen LogP contribution in [-0.2, 0) is 22.5 Å². The number of hydrogen-bond acceptors (Lipinski definition) is 5. The van der Waals surface area contributed by atoms with Crippen LogP contribution in [0.4, 0.5) is 0 Å². The topological polar surface area (TPSA) is 74.6 Å². The van der Waals surface area contributed by atoms with Gasteiger partial charge in [0, 0.05) is 26.1 Å². The number of unbranched alkanes of at least 4 members (excludes halogenated alkanes) is 2. The number of nitrogens with one attached hydrogen (secondary N) is 1. The first kappa shape index (κ1) is 22.6. The van der Waals surface area contributed by atoms with Gasteiger partial charge in [-0.3, -0.25) is 4.79 Å². The number of methoxy groups -OCH3 is 2. The van der Waals surface area contributed by atoms with Crippen LogP contribution < -0.4 is 14.8 Å². The van der Waals surface area contributed by atoms with Crippen LogP contribution in [-0.4, -0.2) is 49.4 Å². The smallest absolute Gasteiger partial charge is 0.245 e. The van der Waals surface area contributed by atoms with E-state index in [0.29, 0.717) is 13.2 Å². The van der Waals surface area contributed by atoms with E-state index in [4.69, 9.17) is 19.2 Å². The fourth-order valence-corrected chi connectivity index (χ4v) is 3.51. The lowest BCUT2D eigenvalue weighted by molar-refractivity contribution is -0.124. The number of ether oxygens (including phenoxy) is 3. The lowest BCUT2D eigenvalue weighted by Crippen LogP contribution is -2.27. The maximum absolute atomic E-state index is 11.4. The SMILES string of the molecule is COCC(=O)NCCCCCc1nc2ccccc2n1CCOc1cccc(OC)c1. The van der Waals surface area contributed by atoms with E-state index in [1.807, 2.05) is 42.5 Å². The number of carbonyl (C=O) groups excluding carboxylic acids is 1. The van der Waals surface area contributed by atoms with Crippen LogP contribution in [0, 0.1) is 0 Å². The van der Waals surface area contributed by atoms with Crippen molar-refractivity contribution >= 4 is 16.9 Å². The van der Waals surface area contributed by atoms with Crippen molar-refractivity contribution in [1.29, 1.82) is 0 Å². The summed E-state index contributed by atoms with van der Waals surface area (Å²) in [6.07, 6.45) is 3.87. The molecule has 0 bridgehead atoms. The van der Waals surface area contributed by atoms with E-state index in [0.717, 1.165) is 60.6 Å². The lowest BCUT2D eigenvalue weighted by Gasteiger charge is -2.11. The highest BCUT2D eigenvalue weighted by atomic mass is 16.5. The fraction of sp³-hybridized carbons (Fsp3) is 0.417. The van der Waals surface area contributed by atoms with Gasteiger partial charge in [0.2, 0.25) is 5.91 Å². The van der Waals surface area contributed by atoms with Gasteiger partial charge in [0.05, 0.1) is 24.7 Å². The van der Waals surface area contributed by atoms with E-state index >= 15 is 0 Å². The van der Waals surface area contributed by atoms with Gasteiger partial charge >= 0.3 is 0 Å². The van der Waals surface area contributed by atoms with Gasteiger partial charge in [0.1, 0.15) is 30.5 Å². The van der Waals surface area contributed by atoms with Gasteiger partial charge in [-0.1, -0.05) is 24.6 Å². The number of nitrogens with zero attached hydrogens (tertiary/aromatic N) is 2. The molecule has 1 aromatic heterocycles. The van der Waals surface area contributed by atoms with Gasteiger partial charge in [-0.25, -0.2) is 4.98 Å². The van der Waals surface area contributed by atoms with Crippen LogP contribution in [0.1, 0.15) is 25.1 Å². The third-order valence-electron chi connectivity index (χ3n) is 5.03. The van der Waals surface area contributed by atoms with E-state index in [-0.39, 0.29) is 12.5 Å². The Balaban J connectivity index is 1.53. The molecule has 0 saturated heterocycles. The number of aromatic nitrogens is 2. The van der Waals surface area contributed by atoms with Crippen molar-refractivity contribution in [3.63, 3.8) is 0 Å². The van der Waals surface area contributed by atoms with Crippen molar-refractivity contribution in [2.75, 3.05) is 34.0 Å². The summed E-state index contributed by atoms with van der Waals surface area (Å²) in [6, 6.07) is 15.8. The molecule has 1 amide bonds. The normalized spacial score (nSPS) is 10.9. The molecule has 0 saturated carbocycles. The Labute approximate surface area is 183 Å². The highest BCUT2D eigenvalue weighted by molar-refractivity contribution is 5.77. The first-order valence-electron chi connectivity index (χ1n) is 10.7. The number of para-hydroxylation sites is 2. The summed E-state index contributed by atoms with van der Waals surface area (Å²) < 4.78 is 18.3. The Bertz CT molecular complexity index is 970. The maximum Gasteiger partial charge on any atom is 0.245 e. The predicted octanol–water partition coefficient (Wildman–Crippen LogP) is 3.60. The number of fused-ring (bicyclic) bond motifs is 1. The van der Waals surface area contributed by atoms with Crippen molar-refractivity contribution < 1.29 is 19.0 Å². The van der Waals surface area contributed by atoms with E-state index in [2.05, 4.69) is 16.0 Å². The van der Waals surface area contributed by atoms with Gasteiger partial charge in [-0.05, 0) is 37.1 Å². The van der Waals surface area contributed by atoms with E-state index in [1.54, 1.807) is 7.11 Å². The van der Waals surface area contributed by atoms with Crippen molar-refractivity contribution in [2.45, 2.75) is 32.2 Å². The molecule has 3 aromatic rings. The summed E-state index contributed by atoms with van der Waals surface area (Å²) >= 11 is 0. The zero-order chi connectivity index (χ0) is 21.9. The second-order valence-corrected chi connectivity index (χ2v) is 7.29. The highest BCUT2D eigenvalue weighted by Gasteiger charge is 2.10. The number of rotatable bonds is 13. The summed E-state index contributed by atoms with van der Waals surface area (Å²) in [4.78, 5) is 16.2. The zero-order valence-electron chi connectivity index (χ0n) is 18.3. The van der Waals surface area contributed by atoms with Gasteiger partial charge < -0.3 is 24.1 Å². The second-order valence-electron chi connectivity index (χ2n) is 7.29. The van der Waals surface area contributed by atoms with Crippen LogP contribution in [0.2, 0.25) is 0 Å². The highest BCUT2D eigenvalue weighted by Crippen LogP contribution is 2.20. The molecule has 0 aliphatic rings. The van der Waals surface area contributed by atoms with Crippen LogP contribution in [0.3, 0.4) is 0 Å². The predicted molar refractivity (Wildman–Crippen MR) is 121 cm³/mol. The molecule has 3 rings (SSSR count). The molecule has 0 atom stereocenters. The average molecular weight is 426 g/mol. The number of aryl methyl sites for hydroxylation is 1. The van der Waals surface area contributed by atoms with Gasteiger partial charge in [0.15, 0.2) is 0 Å². The Kier molecular flexibility index (Phi) is 8.72. The van der Waals surface area contributed by atoms with Gasteiger partial charge in [-0.15, -0.1) is 0 Å². The zero-order valence-corrected chi connectivity index (χ0v) is 18.3. The largest absolute Gasteiger partial charge is 0.497 e. The molecule has 0 aliphatic carbocycles. The monoisotopic (exact) mass is 425 g/mol. The first-order chi connectivity index (χ1) is 15.2. The number of carbonyl (C=O) groups is 1. The molecule has 0 fully saturated rings. The number of imidazole rings is 1. The lowest BCUT2D eigenvalue weighted by atomic mass is 10.2. The molecule has 7 nitrogen and oxygen atoms in total. The minimum absolute atomic E-state index is 0.0691. The Morgan fingerprint density at radius 3 is 2.71 bits per heavy atom. The molecule has 1 heterocycles. The molecule has 0 radical (unpaired) electrons. The molecule has 0 spiro atoms. The summed E-state index contributed by atoms with van der Waals surface area (Å²) in [5, 5.41) is 2.86. The number of amides is 1. The molecule has 1 N–H and O–H groups in total. The minimum Gasteiger partial charge on any atom is -0.497 e. The maximum atomic E-state index is 11.4. The van der Waals surface area contributed by atoms with E-state index in [9.17, 15) is 4.79 Å². The molecular formula is C24H31N3O4. The van der Waals surface area contributed by atoms with Gasteiger partial charge in [-0.2, -0.15) is 0 Å². The van der Waals surface area contributed by atoms with Crippen LogP contribution in [0.5, 0.6) is 11.5 Å². The summed E-state index contributed by atoms with van der Waals surface area (Å²) in [7, 11) is 3.17. The molecule has 166 valence electrons. The fourth-order valence-electron chi connectivity index (χ4n) is 3.51. The Morgan fingerprint density at radius 2 is 1.87 bits per heavy atom. The van der Waals surface area contributed by atoms with E-state index in [1.165, 1.54) is 7.11 Å². The molecule has 2 aromatic carbocycles. The first-order valence-corrected chi connectivity index (χ1v) is 10.7. The molecule has 0 aliphatic heterocycles. The van der Waals surface area contributed by atoms with Crippen molar-refractivity contribution in [3.8, 4) is 11.5 Å². The van der Waals surface area contributed by atoms with Crippen molar-refractivity contribution in [3.05, 3.63) is 54.4 Å². The third kappa shape index (κ3) is 6.72. The summed E-state index contributed by atoms with van der Waals surface area (Å²) in [5.74, 6) is 2.57. The number of benzene rings is 2. The van der Waals surface area contributed by atoms with Crippen molar-refractivity contribution in [2.24, 2.45) is 0 Å². The van der Waals surface area contributed by atoms with Crippen LogP contribution in [0.15, 0.2) is 48.5 Å². The minimum atomic E-state index is -0.0691. The summed E-state index contributed by atoms with van der Waals surface area (Å²) in [6.45, 7) is 2.06. The van der Waals surface area contributed by atoms with Crippen molar-refractivity contribution in [1.82, 2.24) is 14.9 Å². The van der Waals surface area contributed by atoms with E-state index < -0.39 is 0 Å². The third-order valence-corrected chi connectivity index (χ3v) is 5.03. The van der Waals surface area contributed by atoms with Crippen LogP contribution >= 0.6 is 0 Å². The number of hydrogen-bond donors (Lipinski definition) is 1. The Hall–Kier alpha value is -3.06. The summed E-state index contributed by atoms with van der Waals surface area (Å²) in [5.41, 5.74) is 2.13. The molecule has 0 unspecified atom stereocenters.